The number of carbonyl (C=O) groups is 1. The average Bonchev–Trinajstić information content (AvgIpc) is 2.46. The van der Waals surface area contributed by atoms with Gasteiger partial charge in [-0.2, -0.15) is 0 Å². The number of hydrogen-bond acceptors (Lipinski definition) is 1. The summed E-state index contributed by atoms with van der Waals surface area (Å²) in [7, 11) is 0. The topological polar surface area (TPSA) is 32.9 Å². The maximum atomic E-state index is 11.0. The molecule has 0 radical (unpaired) electrons. The molecule has 0 fully saturated rings. The van der Waals surface area contributed by atoms with Crippen LogP contribution in [0.5, 0.6) is 0 Å². The second kappa shape index (κ2) is 2.89. The van der Waals surface area contributed by atoms with E-state index in [0.29, 0.717) is 10.7 Å². The highest BCUT2D eigenvalue weighted by Gasteiger charge is 2.04. The maximum absolute atomic E-state index is 11.0. The van der Waals surface area contributed by atoms with Gasteiger partial charge >= 0.3 is 0 Å². The first-order chi connectivity index (χ1) is 6.16. The standard InChI is InChI=1S/C10H8ClNO/c1-6(13)10-5-7-4-8(11)2-3-9(7)12-10/h2-5,12H,1H3. The van der Waals surface area contributed by atoms with Gasteiger partial charge in [0.25, 0.3) is 0 Å². The molecule has 1 aromatic heterocycles. The monoisotopic (exact) mass is 193 g/mol. The Balaban J connectivity index is 2.68. The van der Waals surface area contributed by atoms with Gasteiger partial charge in [0.2, 0.25) is 0 Å². The molecule has 2 aromatic rings. The Morgan fingerprint density at radius 1 is 1.38 bits per heavy atom. The molecule has 0 unspecified atom stereocenters. The van der Waals surface area contributed by atoms with Crippen molar-refractivity contribution in [1.82, 2.24) is 4.98 Å². The molecule has 0 atom stereocenters. The molecule has 3 heteroatoms. The largest absolute Gasteiger partial charge is 0.352 e. The van der Waals surface area contributed by atoms with Crippen molar-refractivity contribution in [3.05, 3.63) is 35.0 Å². The van der Waals surface area contributed by atoms with Crippen molar-refractivity contribution in [1.29, 1.82) is 0 Å². The van der Waals surface area contributed by atoms with Gasteiger partial charge in [-0.25, -0.2) is 0 Å². The smallest absolute Gasteiger partial charge is 0.175 e. The highest BCUT2D eigenvalue weighted by atomic mass is 35.5. The molecule has 66 valence electrons. The van der Waals surface area contributed by atoms with E-state index in [9.17, 15) is 4.79 Å². The first kappa shape index (κ1) is 8.32. The molecular formula is C10H8ClNO. The van der Waals surface area contributed by atoms with Gasteiger partial charge < -0.3 is 4.98 Å². The van der Waals surface area contributed by atoms with E-state index in [-0.39, 0.29) is 5.78 Å². The molecule has 0 bridgehead atoms. The minimum absolute atomic E-state index is 0.0346. The lowest BCUT2D eigenvalue weighted by molar-refractivity contribution is 0.101. The van der Waals surface area contributed by atoms with Crippen LogP contribution in [0.1, 0.15) is 17.4 Å². The number of nitrogens with one attached hydrogen (secondary N) is 1. The zero-order valence-electron chi connectivity index (χ0n) is 7.10. The molecule has 13 heavy (non-hydrogen) atoms. The third-order valence-electron chi connectivity index (χ3n) is 1.96. The summed E-state index contributed by atoms with van der Waals surface area (Å²) in [6, 6.07) is 7.30. The van der Waals surface area contributed by atoms with E-state index in [1.54, 1.807) is 6.07 Å². The van der Waals surface area contributed by atoms with Crippen molar-refractivity contribution in [2.24, 2.45) is 0 Å². The van der Waals surface area contributed by atoms with Gasteiger partial charge in [0.15, 0.2) is 5.78 Å². The van der Waals surface area contributed by atoms with Crippen LogP contribution in [0.15, 0.2) is 24.3 Å². The number of H-pyrrole nitrogens is 1. The maximum Gasteiger partial charge on any atom is 0.175 e. The molecule has 0 aliphatic heterocycles. The van der Waals surface area contributed by atoms with Crippen LogP contribution in [-0.4, -0.2) is 10.8 Å². The van der Waals surface area contributed by atoms with Crippen molar-refractivity contribution in [2.45, 2.75) is 6.92 Å². The van der Waals surface area contributed by atoms with Crippen molar-refractivity contribution < 1.29 is 4.79 Å². The Labute approximate surface area is 80.5 Å². The van der Waals surface area contributed by atoms with Crippen LogP contribution in [-0.2, 0) is 0 Å². The van der Waals surface area contributed by atoms with Crippen LogP contribution in [0.3, 0.4) is 0 Å². The predicted molar refractivity (Wildman–Crippen MR) is 53.3 cm³/mol. The van der Waals surface area contributed by atoms with Gasteiger partial charge in [-0.15, -0.1) is 0 Å². The van der Waals surface area contributed by atoms with Crippen molar-refractivity contribution >= 4 is 28.3 Å². The Bertz CT molecular complexity index is 473. The van der Waals surface area contributed by atoms with Crippen LogP contribution < -0.4 is 0 Å². The molecule has 2 rings (SSSR count). The number of halogens is 1. The molecule has 0 amide bonds. The Morgan fingerprint density at radius 3 is 2.85 bits per heavy atom. The predicted octanol–water partition coefficient (Wildman–Crippen LogP) is 3.02. The molecule has 0 saturated carbocycles. The third-order valence-corrected chi connectivity index (χ3v) is 2.20. The lowest BCUT2D eigenvalue weighted by Gasteiger charge is -1.88. The highest BCUT2D eigenvalue weighted by Crippen LogP contribution is 2.20. The van der Waals surface area contributed by atoms with Crippen LogP contribution in [0.2, 0.25) is 5.02 Å². The lowest BCUT2D eigenvalue weighted by Crippen LogP contribution is -1.89. The van der Waals surface area contributed by atoms with Gasteiger partial charge in [-0.1, -0.05) is 11.6 Å². The van der Waals surface area contributed by atoms with Crippen LogP contribution in [0.4, 0.5) is 0 Å². The van der Waals surface area contributed by atoms with Gasteiger partial charge in [-0.05, 0) is 24.3 Å². The van der Waals surface area contributed by atoms with E-state index in [1.165, 1.54) is 6.92 Å². The summed E-state index contributed by atoms with van der Waals surface area (Å²) in [5.74, 6) is 0.0346. The Morgan fingerprint density at radius 2 is 2.15 bits per heavy atom. The normalized spacial score (nSPS) is 10.6. The number of aromatic nitrogens is 1. The molecule has 1 N–H and O–H groups in total. The third kappa shape index (κ3) is 1.45. The summed E-state index contributed by atoms with van der Waals surface area (Å²) in [4.78, 5) is 14.0. The molecule has 0 saturated heterocycles. The Kier molecular flexibility index (Phi) is 1.85. The fourth-order valence-electron chi connectivity index (χ4n) is 1.29. The summed E-state index contributed by atoms with van der Waals surface area (Å²) in [6.45, 7) is 1.53. The summed E-state index contributed by atoms with van der Waals surface area (Å²) < 4.78 is 0. The number of Topliss-reactive ketones (excluding diaryl/α,β-unsaturated/α-hetero) is 1. The zero-order chi connectivity index (χ0) is 9.42. The number of aromatic amines is 1. The number of benzene rings is 1. The zero-order valence-corrected chi connectivity index (χ0v) is 7.85. The second-order valence-electron chi connectivity index (χ2n) is 2.97. The second-order valence-corrected chi connectivity index (χ2v) is 3.41. The van der Waals surface area contributed by atoms with Crippen molar-refractivity contribution in [2.75, 3.05) is 0 Å². The fourth-order valence-corrected chi connectivity index (χ4v) is 1.47. The van der Waals surface area contributed by atoms with Gasteiger partial charge in [0.1, 0.15) is 0 Å². The quantitative estimate of drug-likeness (QED) is 0.694. The Hall–Kier alpha value is -1.28. The number of hydrogen-bond donors (Lipinski definition) is 1. The number of fused-ring (bicyclic) bond motifs is 1. The first-order valence-electron chi connectivity index (χ1n) is 3.96. The summed E-state index contributed by atoms with van der Waals surface area (Å²) in [5.41, 5.74) is 1.56. The fraction of sp³-hybridized carbons (Fsp3) is 0.100. The van der Waals surface area contributed by atoms with Crippen LogP contribution >= 0.6 is 11.6 Å². The summed E-state index contributed by atoms with van der Waals surface area (Å²) in [5, 5.41) is 1.65. The van der Waals surface area contributed by atoms with Gasteiger partial charge in [0, 0.05) is 22.8 Å². The van der Waals surface area contributed by atoms with Crippen LogP contribution in [0.25, 0.3) is 10.9 Å². The SMILES string of the molecule is CC(=O)c1cc2cc(Cl)ccc2[nH]1. The lowest BCUT2D eigenvalue weighted by atomic mass is 10.2. The first-order valence-corrected chi connectivity index (χ1v) is 4.34. The molecule has 0 aliphatic rings. The van der Waals surface area contributed by atoms with Crippen molar-refractivity contribution in [3.8, 4) is 0 Å². The number of carbonyl (C=O) groups excluding carboxylic acids is 1. The summed E-state index contributed by atoms with van der Waals surface area (Å²) in [6.07, 6.45) is 0. The van der Waals surface area contributed by atoms with E-state index < -0.39 is 0 Å². The molecular weight excluding hydrogens is 186 g/mol. The van der Waals surface area contributed by atoms with Gasteiger partial charge in [0.05, 0.1) is 5.69 Å². The van der Waals surface area contributed by atoms with E-state index in [0.717, 1.165) is 10.9 Å². The molecule has 0 spiro atoms. The van der Waals surface area contributed by atoms with Crippen molar-refractivity contribution in [3.63, 3.8) is 0 Å². The van der Waals surface area contributed by atoms with E-state index >= 15 is 0 Å². The molecule has 1 heterocycles. The number of ketones is 1. The number of rotatable bonds is 1. The molecule has 1 aromatic carbocycles. The van der Waals surface area contributed by atoms with E-state index in [2.05, 4.69) is 4.98 Å². The highest BCUT2D eigenvalue weighted by molar-refractivity contribution is 6.31. The average molecular weight is 194 g/mol. The summed E-state index contributed by atoms with van der Waals surface area (Å²) >= 11 is 5.81. The van der Waals surface area contributed by atoms with E-state index in [4.69, 9.17) is 11.6 Å². The van der Waals surface area contributed by atoms with E-state index in [1.807, 2.05) is 18.2 Å². The minimum Gasteiger partial charge on any atom is -0.352 e. The minimum atomic E-state index is 0.0346. The molecule has 0 aliphatic carbocycles. The van der Waals surface area contributed by atoms with Crippen LogP contribution in [0, 0.1) is 0 Å². The van der Waals surface area contributed by atoms with Gasteiger partial charge in [-0.3, -0.25) is 4.79 Å². The molecule has 2 nitrogen and oxygen atoms in total.